The number of furan rings is 1. The van der Waals surface area contributed by atoms with Crippen LogP contribution in [0.2, 0.25) is 0 Å². The minimum Gasteiger partial charge on any atom is -0.481 e. The highest BCUT2D eigenvalue weighted by Crippen LogP contribution is 2.25. The van der Waals surface area contributed by atoms with E-state index >= 15 is 0 Å². The summed E-state index contributed by atoms with van der Waals surface area (Å²) in [6.45, 7) is 5.19. The van der Waals surface area contributed by atoms with Gasteiger partial charge in [0.05, 0.1) is 12.7 Å². The average molecular weight is 269 g/mol. The Morgan fingerprint density at radius 1 is 1.47 bits per heavy atom. The number of hydrogen-bond acceptors (Lipinski definition) is 5. The maximum atomic E-state index is 12.1. The van der Waals surface area contributed by atoms with E-state index in [0.29, 0.717) is 5.76 Å². The third kappa shape index (κ3) is 4.75. The van der Waals surface area contributed by atoms with Crippen molar-refractivity contribution in [2.75, 3.05) is 0 Å². The molecule has 1 heterocycles. The van der Waals surface area contributed by atoms with Gasteiger partial charge in [0.15, 0.2) is 0 Å². The molecule has 1 aromatic heterocycles. The van der Waals surface area contributed by atoms with Gasteiger partial charge in [0.25, 0.3) is 0 Å². The van der Waals surface area contributed by atoms with E-state index in [1.54, 1.807) is 32.9 Å². The highest BCUT2D eigenvalue weighted by Gasteiger charge is 2.34. The van der Waals surface area contributed by atoms with Gasteiger partial charge in [-0.3, -0.25) is 9.59 Å². The van der Waals surface area contributed by atoms with Crippen LogP contribution in [0.1, 0.15) is 38.9 Å². The van der Waals surface area contributed by atoms with Crippen LogP contribution in [-0.4, -0.2) is 28.7 Å². The molecule has 0 saturated heterocycles. The lowest BCUT2D eigenvalue weighted by Gasteiger charge is -2.25. The van der Waals surface area contributed by atoms with Crippen molar-refractivity contribution in [2.45, 2.75) is 44.8 Å². The monoisotopic (exact) mass is 269 g/mol. The number of aliphatic carboxylic acids is 1. The van der Waals surface area contributed by atoms with Crippen molar-refractivity contribution < 1.29 is 23.8 Å². The fraction of sp³-hybridized carbons (Fsp3) is 0.538. The molecule has 0 fully saturated rings. The molecular weight excluding hydrogens is 250 g/mol. The first-order valence-corrected chi connectivity index (χ1v) is 5.94. The molecule has 3 N–H and O–H groups in total. The number of rotatable bonds is 5. The zero-order valence-corrected chi connectivity index (χ0v) is 11.3. The zero-order valence-electron chi connectivity index (χ0n) is 11.3. The van der Waals surface area contributed by atoms with Gasteiger partial charge >= 0.3 is 11.9 Å². The highest BCUT2D eigenvalue weighted by atomic mass is 16.6. The summed E-state index contributed by atoms with van der Waals surface area (Å²) < 4.78 is 10.4. The van der Waals surface area contributed by atoms with Gasteiger partial charge < -0.3 is 20.0 Å². The summed E-state index contributed by atoms with van der Waals surface area (Å²) >= 11 is 0. The minimum absolute atomic E-state index is 0.308. The predicted molar refractivity (Wildman–Crippen MR) is 67.5 cm³/mol. The van der Waals surface area contributed by atoms with E-state index in [1.165, 1.54) is 6.26 Å². The topological polar surface area (TPSA) is 103 Å². The third-order valence-corrected chi connectivity index (χ3v) is 2.35. The maximum Gasteiger partial charge on any atom is 0.318 e. The number of carbonyl (C=O) groups excluding carboxylic acids is 1. The molecule has 106 valence electrons. The summed E-state index contributed by atoms with van der Waals surface area (Å²) in [5, 5.41) is 8.78. The lowest BCUT2D eigenvalue weighted by Crippen LogP contribution is -2.39. The number of nitrogens with two attached hydrogens (primary N) is 1. The van der Waals surface area contributed by atoms with Crippen LogP contribution in [0.4, 0.5) is 0 Å². The Morgan fingerprint density at radius 2 is 2.11 bits per heavy atom. The van der Waals surface area contributed by atoms with Gasteiger partial charge in [-0.1, -0.05) is 0 Å². The van der Waals surface area contributed by atoms with Crippen molar-refractivity contribution in [1.82, 2.24) is 0 Å². The quantitative estimate of drug-likeness (QED) is 0.785. The molecule has 0 aromatic carbocycles. The van der Waals surface area contributed by atoms with Crippen molar-refractivity contribution in [3.05, 3.63) is 24.2 Å². The predicted octanol–water partition coefficient (Wildman–Crippen LogP) is 1.51. The standard InChI is InChI=1S/C13H19NO5/c1-13(2,3)19-12(17)11(8(14)7-10(15)16)9-5-4-6-18-9/h4-6,8,11H,7,14H2,1-3H3,(H,15,16)/t8-,11+/m1/s1. The molecule has 2 atom stereocenters. The van der Waals surface area contributed by atoms with Crippen molar-refractivity contribution in [1.29, 1.82) is 0 Å². The van der Waals surface area contributed by atoms with Gasteiger partial charge in [-0.2, -0.15) is 0 Å². The Hall–Kier alpha value is -1.82. The summed E-state index contributed by atoms with van der Waals surface area (Å²) in [4.78, 5) is 22.9. The van der Waals surface area contributed by atoms with Gasteiger partial charge in [-0.05, 0) is 32.9 Å². The van der Waals surface area contributed by atoms with Crippen molar-refractivity contribution in [3.8, 4) is 0 Å². The van der Waals surface area contributed by atoms with Crippen molar-refractivity contribution >= 4 is 11.9 Å². The number of ether oxygens (including phenoxy) is 1. The molecule has 0 unspecified atom stereocenters. The fourth-order valence-electron chi connectivity index (χ4n) is 1.65. The molecule has 1 rings (SSSR count). The number of carboxylic acid groups (broad SMARTS) is 1. The van der Waals surface area contributed by atoms with E-state index in [0.717, 1.165) is 0 Å². The Balaban J connectivity index is 2.93. The van der Waals surface area contributed by atoms with Crippen LogP contribution < -0.4 is 5.73 Å². The fourth-order valence-corrected chi connectivity index (χ4v) is 1.65. The van der Waals surface area contributed by atoms with Gasteiger partial charge in [0.2, 0.25) is 0 Å². The Morgan fingerprint density at radius 3 is 2.53 bits per heavy atom. The molecule has 0 saturated carbocycles. The maximum absolute atomic E-state index is 12.1. The second kappa shape index (κ2) is 5.88. The molecule has 0 aliphatic heterocycles. The number of esters is 1. The molecule has 0 amide bonds. The molecule has 0 aliphatic carbocycles. The Labute approximate surface area is 111 Å². The van der Waals surface area contributed by atoms with Crippen LogP contribution in [0.5, 0.6) is 0 Å². The van der Waals surface area contributed by atoms with Crippen LogP contribution in [0, 0.1) is 0 Å². The SMILES string of the molecule is CC(C)(C)OC(=O)[C@H](c1ccco1)[C@H](N)CC(=O)O. The molecule has 0 spiro atoms. The van der Waals surface area contributed by atoms with Gasteiger partial charge in [-0.15, -0.1) is 0 Å². The van der Waals surface area contributed by atoms with Gasteiger partial charge in [0.1, 0.15) is 17.3 Å². The first kappa shape index (κ1) is 15.2. The zero-order chi connectivity index (χ0) is 14.6. The molecule has 1 aromatic rings. The number of carboxylic acids is 1. The van der Waals surface area contributed by atoms with E-state index in [2.05, 4.69) is 0 Å². The van der Waals surface area contributed by atoms with E-state index in [9.17, 15) is 9.59 Å². The van der Waals surface area contributed by atoms with E-state index in [4.69, 9.17) is 20.0 Å². The van der Waals surface area contributed by atoms with Crippen molar-refractivity contribution in [3.63, 3.8) is 0 Å². The third-order valence-electron chi connectivity index (χ3n) is 2.35. The molecular formula is C13H19NO5. The summed E-state index contributed by atoms with van der Waals surface area (Å²) in [6.07, 6.45) is 1.06. The minimum atomic E-state index is -1.08. The van der Waals surface area contributed by atoms with E-state index in [-0.39, 0.29) is 6.42 Å². The highest BCUT2D eigenvalue weighted by molar-refractivity contribution is 5.80. The molecule has 0 radical (unpaired) electrons. The Kier molecular flexibility index (Phi) is 4.72. The summed E-state index contributed by atoms with van der Waals surface area (Å²) in [6, 6.07) is 2.29. The molecule has 0 bridgehead atoms. The van der Waals surface area contributed by atoms with Crippen LogP contribution in [0.3, 0.4) is 0 Å². The lowest BCUT2D eigenvalue weighted by molar-refractivity contribution is -0.158. The van der Waals surface area contributed by atoms with Gasteiger partial charge in [-0.25, -0.2) is 0 Å². The lowest BCUT2D eigenvalue weighted by atomic mass is 9.95. The largest absolute Gasteiger partial charge is 0.481 e. The van der Waals surface area contributed by atoms with Crippen LogP contribution in [0.15, 0.2) is 22.8 Å². The molecule has 6 nitrogen and oxygen atoms in total. The first-order valence-electron chi connectivity index (χ1n) is 5.94. The van der Waals surface area contributed by atoms with Crippen LogP contribution >= 0.6 is 0 Å². The smallest absolute Gasteiger partial charge is 0.318 e. The van der Waals surface area contributed by atoms with Crippen molar-refractivity contribution in [2.24, 2.45) is 5.73 Å². The number of hydrogen-bond donors (Lipinski definition) is 2. The van der Waals surface area contributed by atoms with E-state index in [1.807, 2.05) is 0 Å². The Bertz CT molecular complexity index is 432. The summed E-state index contributed by atoms with van der Waals surface area (Å²) in [5.74, 6) is -2.28. The second-order valence-electron chi connectivity index (χ2n) is 5.29. The van der Waals surface area contributed by atoms with Gasteiger partial charge in [0, 0.05) is 6.04 Å². The summed E-state index contributed by atoms with van der Waals surface area (Å²) in [7, 11) is 0. The van der Waals surface area contributed by atoms with E-state index < -0.39 is 29.5 Å². The molecule has 19 heavy (non-hydrogen) atoms. The van der Waals surface area contributed by atoms with Crippen LogP contribution in [-0.2, 0) is 14.3 Å². The second-order valence-corrected chi connectivity index (χ2v) is 5.29. The number of carbonyl (C=O) groups is 2. The average Bonchev–Trinajstić information content (AvgIpc) is 2.66. The molecule has 6 heteroatoms. The summed E-state index contributed by atoms with van der Waals surface area (Å²) in [5.41, 5.74) is 5.11. The first-order chi connectivity index (χ1) is 8.70. The molecule has 0 aliphatic rings. The van der Waals surface area contributed by atoms with Crippen LogP contribution in [0.25, 0.3) is 0 Å². The normalized spacial score (nSPS) is 14.7.